The molecule has 2 heterocycles. The molecule has 0 spiro atoms. The quantitative estimate of drug-likeness (QED) is 0.697. The smallest absolute Gasteiger partial charge is 0.298 e. The van der Waals surface area contributed by atoms with Crippen LogP contribution in [0.1, 0.15) is 0 Å². The lowest BCUT2D eigenvalue weighted by Gasteiger charge is -2.10. The number of rotatable bonds is 5. The molecule has 24 heavy (non-hydrogen) atoms. The Bertz CT molecular complexity index is 1000. The van der Waals surface area contributed by atoms with E-state index in [1.807, 2.05) is 0 Å². The Kier molecular flexibility index (Phi) is 4.22. The molecule has 11 heteroatoms. The average molecular weight is 367 g/mol. The molecule has 0 aliphatic rings. The van der Waals surface area contributed by atoms with Crippen LogP contribution in [0.5, 0.6) is 11.5 Å². The van der Waals surface area contributed by atoms with Crippen LogP contribution in [0.4, 0.5) is 5.13 Å². The highest BCUT2D eigenvalue weighted by molar-refractivity contribution is 7.90. The van der Waals surface area contributed by atoms with E-state index in [9.17, 15) is 8.42 Å². The van der Waals surface area contributed by atoms with Crippen molar-refractivity contribution in [2.75, 3.05) is 18.9 Å². The van der Waals surface area contributed by atoms with E-state index >= 15 is 0 Å². The first-order valence-corrected chi connectivity index (χ1v) is 8.91. The highest BCUT2D eigenvalue weighted by atomic mass is 32.2. The Morgan fingerprint density at radius 3 is 2.50 bits per heavy atom. The molecule has 2 aromatic heterocycles. The zero-order valence-electron chi connectivity index (χ0n) is 12.7. The maximum Gasteiger partial charge on any atom is 0.298 e. The second-order valence-corrected chi connectivity index (χ2v) is 6.95. The molecule has 9 nitrogen and oxygen atoms in total. The first-order chi connectivity index (χ1) is 11.4. The molecule has 0 aliphatic carbocycles. The lowest BCUT2D eigenvalue weighted by Crippen LogP contribution is -2.21. The van der Waals surface area contributed by atoms with Crippen molar-refractivity contribution in [3.8, 4) is 22.1 Å². The molecule has 0 saturated heterocycles. The second kappa shape index (κ2) is 6.19. The molecular weight excluding hydrogens is 354 g/mol. The van der Waals surface area contributed by atoms with Crippen LogP contribution < -0.4 is 19.3 Å². The minimum absolute atomic E-state index is 0.153. The molecule has 3 N–H and O–H groups in total. The van der Waals surface area contributed by atoms with Crippen LogP contribution in [-0.4, -0.2) is 37.6 Å². The number of thiazole rings is 1. The maximum absolute atomic E-state index is 11.1. The van der Waals surface area contributed by atoms with Crippen molar-refractivity contribution >= 4 is 37.6 Å². The van der Waals surface area contributed by atoms with Gasteiger partial charge in [0, 0.05) is 17.6 Å². The van der Waals surface area contributed by atoms with Gasteiger partial charge in [-0.3, -0.25) is 0 Å². The molecule has 0 atom stereocenters. The summed E-state index contributed by atoms with van der Waals surface area (Å²) < 4.78 is 34.9. The summed E-state index contributed by atoms with van der Waals surface area (Å²) in [4.78, 5) is 13.1. The number of anilines is 1. The minimum atomic E-state index is -3.88. The van der Waals surface area contributed by atoms with Gasteiger partial charge >= 0.3 is 0 Å². The average Bonchev–Trinajstić information content (AvgIpc) is 2.99. The van der Waals surface area contributed by atoms with Crippen LogP contribution in [0.15, 0.2) is 24.7 Å². The van der Waals surface area contributed by atoms with Gasteiger partial charge in [-0.2, -0.15) is 8.42 Å². The third-order valence-electron chi connectivity index (χ3n) is 3.11. The van der Waals surface area contributed by atoms with Crippen LogP contribution in [0.2, 0.25) is 0 Å². The predicted molar refractivity (Wildman–Crippen MR) is 90.5 cm³/mol. The molecule has 3 rings (SSSR count). The third kappa shape index (κ3) is 3.22. The van der Waals surface area contributed by atoms with Gasteiger partial charge in [-0.05, 0) is 6.07 Å². The number of nitrogens with zero attached hydrogens (tertiary/aromatic N) is 3. The van der Waals surface area contributed by atoms with E-state index < -0.39 is 10.2 Å². The van der Waals surface area contributed by atoms with E-state index in [4.69, 9.17) is 14.6 Å². The van der Waals surface area contributed by atoms with Crippen molar-refractivity contribution in [2.24, 2.45) is 5.14 Å². The largest absolute Gasteiger partial charge is 0.493 e. The van der Waals surface area contributed by atoms with Gasteiger partial charge in [0.25, 0.3) is 10.2 Å². The van der Waals surface area contributed by atoms with Gasteiger partial charge in [-0.25, -0.2) is 24.8 Å². The standard InChI is InChI=1S/C13H13N5O4S2/c1-21-9-3-7-8(4-10(9)22-2)16-6-17-12(7)11-5-15-13(23-11)18-24(14,19)20/h3-6H,1-2H3,(H,15,18)(H2,14,19,20). The summed E-state index contributed by atoms with van der Waals surface area (Å²) in [6.45, 7) is 0. The van der Waals surface area contributed by atoms with Gasteiger partial charge < -0.3 is 9.47 Å². The van der Waals surface area contributed by atoms with Gasteiger partial charge in [0.05, 0.1) is 30.3 Å². The number of nitrogens with one attached hydrogen (secondary N) is 1. The summed E-state index contributed by atoms with van der Waals surface area (Å²) in [6.07, 6.45) is 2.92. The van der Waals surface area contributed by atoms with E-state index in [2.05, 4.69) is 19.7 Å². The zero-order chi connectivity index (χ0) is 17.3. The number of nitrogens with two attached hydrogens (primary N) is 1. The summed E-state index contributed by atoms with van der Waals surface area (Å²) in [7, 11) is -0.802. The van der Waals surface area contributed by atoms with Crippen LogP contribution in [-0.2, 0) is 10.2 Å². The summed E-state index contributed by atoms with van der Waals surface area (Å²) in [5.41, 5.74) is 1.26. The number of hydrogen-bond donors (Lipinski definition) is 2. The van der Waals surface area contributed by atoms with Crippen LogP contribution in [0.25, 0.3) is 21.5 Å². The molecule has 0 fully saturated rings. The normalized spacial score (nSPS) is 11.5. The Balaban J connectivity index is 2.13. The van der Waals surface area contributed by atoms with Gasteiger partial charge in [-0.1, -0.05) is 11.3 Å². The lowest BCUT2D eigenvalue weighted by molar-refractivity contribution is 0.356. The number of fused-ring (bicyclic) bond motifs is 1. The van der Waals surface area contributed by atoms with E-state index in [0.717, 1.165) is 16.7 Å². The highest BCUT2D eigenvalue weighted by Gasteiger charge is 2.15. The number of aromatic nitrogens is 3. The topological polar surface area (TPSA) is 129 Å². The van der Waals surface area contributed by atoms with Crippen molar-refractivity contribution in [3.63, 3.8) is 0 Å². The van der Waals surface area contributed by atoms with Crippen molar-refractivity contribution in [1.82, 2.24) is 15.0 Å². The molecular formula is C13H13N5O4S2. The van der Waals surface area contributed by atoms with E-state index in [1.165, 1.54) is 19.6 Å². The van der Waals surface area contributed by atoms with Crippen molar-refractivity contribution in [3.05, 3.63) is 24.7 Å². The Labute approximate surface area is 141 Å². The fraction of sp³-hybridized carbons (Fsp3) is 0.154. The first-order valence-electron chi connectivity index (χ1n) is 6.54. The molecule has 0 saturated carbocycles. The molecule has 126 valence electrons. The van der Waals surface area contributed by atoms with Crippen LogP contribution in [0.3, 0.4) is 0 Å². The Morgan fingerprint density at radius 2 is 1.83 bits per heavy atom. The highest BCUT2D eigenvalue weighted by Crippen LogP contribution is 2.37. The van der Waals surface area contributed by atoms with Gasteiger partial charge in [0.15, 0.2) is 16.6 Å². The van der Waals surface area contributed by atoms with E-state index in [1.54, 1.807) is 19.2 Å². The SMILES string of the molecule is COc1cc2ncnc(-c3cnc(NS(N)(=O)=O)s3)c2cc1OC. The number of ether oxygens (including phenoxy) is 2. The van der Waals surface area contributed by atoms with Crippen molar-refractivity contribution in [1.29, 1.82) is 0 Å². The monoisotopic (exact) mass is 367 g/mol. The van der Waals surface area contributed by atoms with Crippen molar-refractivity contribution in [2.45, 2.75) is 0 Å². The predicted octanol–water partition coefficient (Wildman–Crippen LogP) is 1.39. The fourth-order valence-corrected chi connectivity index (χ4v) is 3.62. The number of methoxy groups -OCH3 is 2. The summed E-state index contributed by atoms with van der Waals surface area (Å²) in [5, 5.41) is 5.82. The zero-order valence-corrected chi connectivity index (χ0v) is 14.3. The summed E-state index contributed by atoms with van der Waals surface area (Å²) in [5.74, 6) is 1.09. The Hall–Kier alpha value is -2.50. The minimum Gasteiger partial charge on any atom is -0.493 e. The van der Waals surface area contributed by atoms with Gasteiger partial charge in [0.1, 0.15) is 6.33 Å². The fourth-order valence-electron chi connectivity index (χ4n) is 2.13. The maximum atomic E-state index is 11.1. The summed E-state index contributed by atoms with van der Waals surface area (Å²) in [6, 6.07) is 3.50. The van der Waals surface area contributed by atoms with Gasteiger partial charge in [0.2, 0.25) is 0 Å². The molecule has 0 aliphatic heterocycles. The molecule has 0 bridgehead atoms. The Morgan fingerprint density at radius 1 is 1.12 bits per heavy atom. The number of benzene rings is 1. The third-order valence-corrected chi connectivity index (χ3v) is 4.64. The lowest BCUT2D eigenvalue weighted by atomic mass is 10.1. The van der Waals surface area contributed by atoms with Crippen LogP contribution >= 0.6 is 11.3 Å². The van der Waals surface area contributed by atoms with E-state index in [-0.39, 0.29) is 5.13 Å². The summed E-state index contributed by atoms with van der Waals surface area (Å²) >= 11 is 1.11. The molecule has 1 aromatic carbocycles. The number of hydrogen-bond acceptors (Lipinski definition) is 8. The van der Waals surface area contributed by atoms with Crippen molar-refractivity contribution < 1.29 is 17.9 Å². The van der Waals surface area contributed by atoms with E-state index in [0.29, 0.717) is 27.6 Å². The molecule has 0 unspecified atom stereocenters. The molecule has 0 amide bonds. The van der Waals surface area contributed by atoms with Crippen LogP contribution in [0, 0.1) is 0 Å². The van der Waals surface area contributed by atoms with Gasteiger partial charge in [-0.15, -0.1) is 0 Å². The molecule has 0 radical (unpaired) electrons. The second-order valence-electron chi connectivity index (χ2n) is 4.62. The first kappa shape index (κ1) is 16.4. The molecule has 3 aromatic rings.